The van der Waals surface area contributed by atoms with E-state index in [-0.39, 0.29) is 12.5 Å². The normalized spacial score (nSPS) is 17.0. The Kier molecular flexibility index (Phi) is 6.26. The van der Waals surface area contributed by atoms with Gasteiger partial charge in [-0.3, -0.25) is 4.79 Å². The van der Waals surface area contributed by atoms with Crippen molar-refractivity contribution in [1.29, 1.82) is 0 Å². The maximum atomic E-state index is 12.3. The fourth-order valence-electron chi connectivity index (χ4n) is 2.34. The topological polar surface area (TPSA) is 72.5 Å². The molecular formula is C14H19Cl2N3O3. The van der Waals surface area contributed by atoms with Crippen LogP contribution in [0, 0.1) is 0 Å². The molecule has 6 nitrogen and oxygen atoms in total. The number of carbonyl (C=O) groups excluding carboxylic acids is 1. The van der Waals surface area contributed by atoms with Gasteiger partial charge in [-0.05, 0) is 32.0 Å². The predicted molar refractivity (Wildman–Crippen MR) is 84.6 cm³/mol. The lowest BCUT2D eigenvalue weighted by Crippen LogP contribution is -2.54. The van der Waals surface area contributed by atoms with E-state index in [4.69, 9.17) is 32.7 Å². The lowest BCUT2D eigenvalue weighted by Gasteiger charge is -2.34. The van der Waals surface area contributed by atoms with Crippen LogP contribution in [-0.2, 0) is 9.53 Å². The highest BCUT2D eigenvalue weighted by Gasteiger charge is 2.39. The predicted octanol–water partition coefficient (Wildman–Crippen LogP) is 1.65. The lowest BCUT2D eigenvalue weighted by atomic mass is 9.91. The molecule has 0 atom stereocenters. The van der Waals surface area contributed by atoms with Crippen molar-refractivity contribution in [1.82, 2.24) is 15.6 Å². The van der Waals surface area contributed by atoms with Crippen LogP contribution < -0.4 is 15.4 Å². The molecule has 122 valence electrons. The molecule has 1 amide bonds. The molecule has 0 radical (unpaired) electrons. The van der Waals surface area contributed by atoms with Gasteiger partial charge in [-0.2, -0.15) is 0 Å². The number of hydrogen-bond acceptors (Lipinski definition) is 5. The van der Waals surface area contributed by atoms with Crippen LogP contribution >= 0.6 is 23.2 Å². The number of aromatic nitrogens is 1. The van der Waals surface area contributed by atoms with Gasteiger partial charge in [-0.25, -0.2) is 4.98 Å². The molecule has 1 saturated heterocycles. The van der Waals surface area contributed by atoms with E-state index in [1.807, 2.05) is 0 Å². The number of nitrogens with one attached hydrogen (secondary N) is 2. The van der Waals surface area contributed by atoms with E-state index in [1.165, 1.54) is 6.20 Å². The average molecular weight is 348 g/mol. The molecule has 0 spiro atoms. The molecule has 1 aromatic heterocycles. The Labute approximate surface area is 139 Å². The van der Waals surface area contributed by atoms with Gasteiger partial charge in [-0.15, -0.1) is 0 Å². The second-order valence-electron chi connectivity index (χ2n) is 4.99. The lowest BCUT2D eigenvalue weighted by molar-refractivity contribution is -0.146. The first-order chi connectivity index (χ1) is 10.6. The van der Waals surface area contributed by atoms with Crippen molar-refractivity contribution < 1.29 is 14.3 Å². The van der Waals surface area contributed by atoms with Crippen LogP contribution in [0.15, 0.2) is 12.3 Å². The minimum atomic E-state index is -0.749. The molecule has 8 heteroatoms. The highest BCUT2D eigenvalue weighted by Crippen LogP contribution is 2.24. The van der Waals surface area contributed by atoms with E-state index in [9.17, 15) is 4.79 Å². The van der Waals surface area contributed by atoms with Crippen LogP contribution in [0.3, 0.4) is 0 Å². The summed E-state index contributed by atoms with van der Waals surface area (Å²) in [4.78, 5) is 16.3. The number of carbonyl (C=O) groups is 1. The second-order valence-corrected chi connectivity index (χ2v) is 5.84. The SMILES string of the molecule is COC1(C(=O)NCCOc2ncc(Cl)cc2Cl)CCNCC1. The van der Waals surface area contributed by atoms with E-state index >= 15 is 0 Å². The van der Waals surface area contributed by atoms with Gasteiger partial charge in [0.2, 0.25) is 5.88 Å². The largest absolute Gasteiger partial charge is 0.475 e. The Morgan fingerprint density at radius 3 is 2.82 bits per heavy atom. The number of pyridine rings is 1. The van der Waals surface area contributed by atoms with Crippen LogP contribution in [0.25, 0.3) is 0 Å². The van der Waals surface area contributed by atoms with E-state index in [0.29, 0.717) is 35.3 Å². The zero-order valence-corrected chi connectivity index (χ0v) is 13.8. The average Bonchev–Trinajstić information content (AvgIpc) is 2.53. The van der Waals surface area contributed by atoms with Crippen molar-refractivity contribution >= 4 is 29.1 Å². The van der Waals surface area contributed by atoms with E-state index < -0.39 is 5.60 Å². The monoisotopic (exact) mass is 347 g/mol. The molecule has 1 aromatic rings. The smallest absolute Gasteiger partial charge is 0.252 e. The van der Waals surface area contributed by atoms with E-state index in [0.717, 1.165) is 13.1 Å². The Bertz CT molecular complexity index is 522. The van der Waals surface area contributed by atoms with Crippen LogP contribution in [-0.4, -0.2) is 49.8 Å². The maximum absolute atomic E-state index is 12.3. The fraction of sp³-hybridized carbons (Fsp3) is 0.571. The van der Waals surface area contributed by atoms with Crippen molar-refractivity contribution in [2.24, 2.45) is 0 Å². The first-order valence-electron chi connectivity index (χ1n) is 7.05. The van der Waals surface area contributed by atoms with Gasteiger partial charge in [0.15, 0.2) is 0 Å². The maximum Gasteiger partial charge on any atom is 0.252 e. The molecule has 2 N–H and O–H groups in total. The fourth-order valence-corrected chi connectivity index (χ4v) is 2.77. The van der Waals surface area contributed by atoms with Crippen LogP contribution in [0.1, 0.15) is 12.8 Å². The van der Waals surface area contributed by atoms with Gasteiger partial charge in [-0.1, -0.05) is 23.2 Å². The molecular weight excluding hydrogens is 329 g/mol. The summed E-state index contributed by atoms with van der Waals surface area (Å²) >= 11 is 11.7. The summed E-state index contributed by atoms with van der Waals surface area (Å²) in [5.41, 5.74) is -0.749. The molecule has 22 heavy (non-hydrogen) atoms. The number of hydrogen-bond donors (Lipinski definition) is 2. The summed E-state index contributed by atoms with van der Waals surface area (Å²) in [6.07, 6.45) is 2.76. The van der Waals surface area contributed by atoms with Crippen molar-refractivity contribution in [3.63, 3.8) is 0 Å². The number of halogens is 2. The zero-order chi connectivity index (χ0) is 16.0. The highest BCUT2D eigenvalue weighted by atomic mass is 35.5. The van der Waals surface area contributed by atoms with E-state index in [2.05, 4.69) is 15.6 Å². The molecule has 0 saturated carbocycles. The Morgan fingerprint density at radius 1 is 1.45 bits per heavy atom. The van der Waals surface area contributed by atoms with Gasteiger partial charge in [0, 0.05) is 13.3 Å². The van der Waals surface area contributed by atoms with Gasteiger partial charge in [0.1, 0.15) is 17.2 Å². The Morgan fingerprint density at radius 2 is 2.18 bits per heavy atom. The summed E-state index contributed by atoms with van der Waals surface area (Å²) < 4.78 is 10.9. The Hall–Kier alpha value is -1.08. The first-order valence-corrected chi connectivity index (χ1v) is 7.81. The molecule has 0 bridgehead atoms. The molecule has 1 aliphatic heterocycles. The quantitative estimate of drug-likeness (QED) is 0.765. The third kappa shape index (κ3) is 4.23. The summed E-state index contributed by atoms with van der Waals surface area (Å²) in [6.45, 7) is 2.14. The molecule has 0 unspecified atom stereocenters. The number of nitrogens with zero attached hydrogens (tertiary/aromatic N) is 1. The first kappa shape index (κ1) is 17.3. The molecule has 0 aromatic carbocycles. The zero-order valence-electron chi connectivity index (χ0n) is 12.3. The van der Waals surface area contributed by atoms with Gasteiger partial charge >= 0.3 is 0 Å². The van der Waals surface area contributed by atoms with E-state index in [1.54, 1.807) is 13.2 Å². The number of rotatable bonds is 6. The van der Waals surface area contributed by atoms with Crippen molar-refractivity contribution in [3.8, 4) is 5.88 Å². The van der Waals surface area contributed by atoms with Gasteiger partial charge in [0.25, 0.3) is 5.91 Å². The van der Waals surface area contributed by atoms with Crippen LogP contribution in [0.4, 0.5) is 0 Å². The molecule has 1 aliphatic rings. The number of ether oxygens (including phenoxy) is 2. The third-order valence-electron chi connectivity index (χ3n) is 3.62. The number of amides is 1. The highest BCUT2D eigenvalue weighted by molar-refractivity contribution is 6.35. The summed E-state index contributed by atoms with van der Waals surface area (Å²) in [5, 5.41) is 6.82. The minimum absolute atomic E-state index is 0.115. The standard InChI is InChI=1S/C14H19Cl2N3O3/c1-21-14(2-4-17-5-3-14)13(20)18-6-7-22-12-11(16)8-10(15)9-19-12/h8-9,17H,2-7H2,1H3,(H,18,20). The van der Waals surface area contributed by atoms with Crippen LogP contribution in [0.5, 0.6) is 5.88 Å². The molecule has 2 rings (SSSR count). The van der Waals surface area contributed by atoms with Gasteiger partial charge in [0.05, 0.1) is 11.6 Å². The second kappa shape index (κ2) is 7.97. The van der Waals surface area contributed by atoms with Crippen LogP contribution in [0.2, 0.25) is 10.0 Å². The molecule has 2 heterocycles. The number of methoxy groups -OCH3 is 1. The van der Waals surface area contributed by atoms with Crippen molar-refractivity contribution in [2.75, 3.05) is 33.4 Å². The van der Waals surface area contributed by atoms with Crippen molar-refractivity contribution in [3.05, 3.63) is 22.3 Å². The number of piperidine rings is 1. The summed E-state index contributed by atoms with van der Waals surface area (Å²) in [6, 6.07) is 1.55. The summed E-state index contributed by atoms with van der Waals surface area (Å²) in [5.74, 6) is 0.180. The third-order valence-corrected chi connectivity index (χ3v) is 4.09. The molecule has 1 fully saturated rings. The summed E-state index contributed by atoms with van der Waals surface area (Å²) in [7, 11) is 1.57. The Balaban J connectivity index is 1.79. The minimum Gasteiger partial charge on any atom is -0.475 e. The van der Waals surface area contributed by atoms with Crippen molar-refractivity contribution in [2.45, 2.75) is 18.4 Å². The molecule has 0 aliphatic carbocycles. The van der Waals surface area contributed by atoms with Gasteiger partial charge < -0.3 is 20.1 Å².